The van der Waals surface area contributed by atoms with E-state index in [1.807, 2.05) is 0 Å². The molecule has 0 fully saturated rings. The van der Waals surface area contributed by atoms with E-state index >= 15 is 0 Å². The molecule has 0 aliphatic carbocycles. The lowest BCUT2D eigenvalue weighted by Crippen LogP contribution is -2.29. The Morgan fingerprint density at radius 2 is 1.76 bits per heavy atom. The minimum atomic E-state index is -0.265. The molecule has 0 saturated heterocycles. The van der Waals surface area contributed by atoms with Crippen LogP contribution in [0.25, 0.3) is 0 Å². The number of aryl methyl sites for hydroxylation is 1. The smallest absolute Gasteiger partial charge is 0.261 e. The van der Waals surface area contributed by atoms with Crippen LogP contribution in [0.1, 0.15) is 46.2 Å². The lowest BCUT2D eigenvalue weighted by molar-refractivity contribution is 0.0640. The van der Waals surface area contributed by atoms with E-state index < -0.39 is 0 Å². The molecule has 0 N–H and O–H groups in total. The number of hydrogen-bond acceptors (Lipinski definition) is 4. The van der Waals surface area contributed by atoms with Gasteiger partial charge in [-0.1, -0.05) is 30.7 Å². The molecule has 2 aromatic rings. The van der Waals surface area contributed by atoms with Gasteiger partial charge in [0.25, 0.3) is 11.8 Å². The lowest BCUT2D eigenvalue weighted by Gasteiger charge is -2.11. The molecule has 108 valence electrons. The van der Waals surface area contributed by atoms with Gasteiger partial charge in [0, 0.05) is 6.54 Å². The summed E-state index contributed by atoms with van der Waals surface area (Å²) in [6.45, 7) is 3.07. The van der Waals surface area contributed by atoms with Crippen LogP contribution in [0, 0.1) is 0 Å². The first kappa shape index (κ1) is 13.5. The van der Waals surface area contributed by atoms with Crippen LogP contribution in [0.5, 0.6) is 0 Å². The molecule has 1 aromatic heterocycles. The number of carbonyl (C=O) groups excluding carboxylic acids is 2. The number of amides is 2. The van der Waals surface area contributed by atoms with E-state index in [0.717, 1.165) is 19.4 Å². The highest BCUT2D eigenvalue weighted by Gasteiger charge is 2.35. The molecular weight excluding hydrogens is 268 g/mol. The van der Waals surface area contributed by atoms with Gasteiger partial charge in [-0.05, 0) is 18.6 Å². The van der Waals surface area contributed by atoms with Gasteiger partial charge in [-0.3, -0.25) is 19.2 Å². The fraction of sp³-hybridized carbons (Fsp3) is 0.333. The first-order chi connectivity index (χ1) is 10.2. The number of aromatic nitrogens is 3. The van der Waals surface area contributed by atoms with E-state index in [-0.39, 0.29) is 18.4 Å². The van der Waals surface area contributed by atoms with Crippen LogP contribution >= 0.6 is 0 Å². The van der Waals surface area contributed by atoms with Crippen LogP contribution in [0.2, 0.25) is 0 Å². The van der Waals surface area contributed by atoms with Crippen LogP contribution in [-0.2, 0) is 13.1 Å². The van der Waals surface area contributed by atoms with Gasteiger partial charge in [-0.15, -0.1) is 5.10 Å². The molecule has 2 heterocycles. The van der Waals surface area contributed by atoms with Gasteiger partial charge in [0.05, 0.1) is 23.9 Å². The van der Waals surface area contributed by atoms with Crippen molar-refractivity contribution in [3.05, 3.63) is 47.3 Å². The number of nitrogens with zero attached hydrogens (tertiary/aromatic N) is 4. The third-order valence-electron chi connectivity index (χ3n) is 3.53. The molecule has 0 saturated carbocycles. The van der Waals surface area contributed by atoms with Gasteiger partial charge in [0.15, 0.2) is 0 Å². The number of fused-ring (bicyclic) bond motifs is 1. The zero-order valence-corrected chi connectivity index (χ0v) is 11.8. The molecule has 0 bridgehead atoms. The Labute approximate surface area is 122 Å². The predicted octanol–water partition coefficient (Wildman–Crippen LogP) is 1.87. The summed E-state index contributed by atoms with van der Waals surface area (Å²) in [6, 6.07) is 6.87. The second-order valence-electron chi connectivity index (χ2n) is 5.07. The molecule has 0 radical (unpaired) electrons. The number of benzene rings is 1. The van der Waals surface area contributed by atoms with Gasteiger partial charge < -0.3 is 0 Å². The third-order valence-corrected chi connectivity index (χ3v) is 3.53. The molecule has 0 unspecified atom stereocenters. The summed E-state index contributed by atoms with van der Waals surface area (Å²) in [5.74, 6) is -0.530. The summed E-state index contributed by atoms with van der Waals surface area (Å²) in [4.78, 5) is 25.7. The van der Waals surface area contributed by atoms with E-state index in [0.29, 0.717) is 16.8 Å². The summed E-state index contributed by atoms with van der Waals surface area (Å²) in [5, 5.41) is 8.04. The van der Waals surface area contributed by atoms with Crippen molar-refractivity contribution < 1.29 is 9.59 Å². The highest BCUT2D eigenvalue weighted by atomic mass is 16.2. The number of carbonyl (C=O) groups is 2. The molecule has 0 atom stereocenters. The monoisotopic (exact) mass is 284 g/mol. The molecule has 2 amide bonds. The summed E-state index contributed by atoms with van der Waals surface area (Å²) < 4.78 is 1.75. The number of hydrogen-bond donors (Lipinski definition) is 0. The van der Waals surface area contributed by atoms with Gasteiger partial charge >= 0.3 is 0 Å². The highest BCUT2D eigenvalue weighted by molar-refractivity contribution is 6.21. The fourth-order valence-electron chi connectivity index (χ4n) is 2.39. The highest BCUT2D eigenvalue weighted by Crippen LogP contribution is 2.23. The van der Waals surface area contributed by atoms with E-state index in [9.17, 15) is 9.59 Å². The number of unbranched alkanes of at least 4 members (excludes halogenated alkanes) is 1. The first-order valence-corrected chi connectivity index (χ1v) is 7.05. The normalized spacial score (nSPS) is 13.9. The Balaban J connectivity index is 1.76. The minimum absolute atomic E-state index is 0.165. The Kier molecular flexibility index (Phi) is 3.51. The largest absolute Gasteiger partial charge is 0.269 e. The van der Waals surface area contributed by atoms with Crippen LogP contribution in [-0.4, -0.2) is 31.7 Å². The van der Waals surface area contributed by atoms with Crippen molar-refractivity contribution in [3.8, 4) is 0 Å². The number of imide groups is 1. The van der Waals surface area contributed by atoms with Crippen molar-refractivity contribution in [1.82, 2.24) is 19.9 Å². The summed E-state index contributed by atoms with van der Waals surface area (Å²) >= 11 is 0. The second-order valence-corrected chi connectivity index (χ2v) is 5.07. The standard InChI is InChI=1S/C15H16N4O2/c1-2-3-8-18-9-11(16-17-18)10-19-14(20)12-6-4-5-7-13(12)15(19)21/h4-7,9H,2-3,8,10H2,1H3. The van der Waals surface area contributed by atoms with Crippen LogP contribution in [0.4, 0.5) is 0 Å². The van der Waals surface area contributed by atoms with E-state index in [1.54, 1.807) is 35.1 Å². The van der Waals surface area contributed by atoms with E-state index in [2.05, 4.69) is 17.2 Å². The van der Waals surface area contributed by atoms with Gasteiger partial charge in [0.2, 0.25) is 0 Å². The number of rotatable bonds is 5. The average molecular weight is 284 g/mol. The van der Waals surface area contributed by atoms with Crippen molar-refractivity contribution in [2.24, 2.45) is 0 Å². The Morgan fingerprint density at radius 3 is 2.38 bits per heavy atom. The van der Waals surface area contributed by atoms with Crippen molar-refractivity contribution in [2.75, 3.05) is 0 Å². The van der Waals surface area contributed by atoms with E-state index in [1.165, 1.54) is 4.90 Å². The van der Waals surface area contributed by atoms with Gasteiger partial charge in [-0.25, -0.2) is 0 Å². The fourth-order valence-corrected chi connectivity index (χ4v) is 2.39. The summed E-state index contributed by atoms with van der Waals surface area (Å²) in [6.07, 6.45) is 3.89. The topological polar surface area (TPSA) is 68.1 Å². The Bertz CT molecular complexity index is 657. The van der Waals surface area contributed by atoms with Crippen LogP contribution in [0.15, 0.2) is 30.5 Å². The molecule has 21 heavy (non-hydrogen) atoms. The third kappa shape index (κ3) is 2.44. The van der Waals surface area contributed by atoms with Gasteiger partial charge in [-0.2, -0.15) is 0 Å². The molecule has 1 aliphatic rings. The molecule has 3 rings (SSSR count). The SMILES string of the molecule is CCCCn1cc(CN2C(=O)c3ccccc3C2=O)nn1. The molecule has 1 aromatic carbocycles. The first-order valence-electron chi connectivity index (χ1n) is 7.05. The maximum Gasteiger partial charge on any atom is 0.261 e. The predicted molar refractivity (Wildman–Crippen MR) is 75.6 cm³/mol. The minimum Gasteiger partial charge on any atom is -0.269 e. The van der Waals surface area contributed by atoms with Crippen LogP contribution < -0.4 is 0 Å². The summed E-state index contributed by atoms with van der Waals surface area (Å²) in [5.41, 5.74) is 1.54. The average Bonchev–Trinajstić information content (AvgIpc) is 3.05. The Morgan fingerprint density at radius 1 is 1.10 bits per heavy atom. The molecule has 6 heteroatoms. The zero-order valence-electron chi connectivity index (χ0n) is 11.8. The van der Waals surface area contributed by atoms with Crippen LogP contribution in [0.3, 0.4) is 0 Å². The molecule has 0 spiro atoms. The summed E-state index contributed by atoms with van der Waals surface area (Å²) in [7, 11) is 0. The molecule has 6 nitrogen and oxygen atoms in total. The Hall–Kier alpha value is -2.50. The molecular formula is C15H16N4O2. The van der Waals surface area contributed by atoms with Gasteiger partial charge in [0.1, 0.15) is 5.69 Å². The quantitative estimate of drug-likeness (QED) is 0.786. The maximum atomic E-state index is 12.2. The van der Waals surface area contributed by atoms with Crippen molar-refractivity contribution in [1.29, 1.82) is 0 Å². The van der Waals surface area contributed by atoms with Crippen molar-refractivity contribution in [3.63, 3.8) is 0 Å². The molecule has 1 aliphatic heterocycles. The zero-order chi connectivity index (χ0) is 14.8. The van der Waals surface area contributed by atoms with Crippen molar-refractivity contribution >= 4 is 11.8 Å². The maximum absolute atomic E-state index is 12.2. The lowest BCUT2D eigenvalue weighted by atomic mass is 10.1. The second kappa shape index (κ2) is 5.47. The van der Waals surface area contributed by atoms with E-state index in [4.69, 9.17) is 0 Å². The van der Waals surface area contributed by atoms with Crippen molar-refractivity contribution in [2.45, 2.75) is 32.9 Å².